The molecule has 2 N–H and O–H groups in total. The normalized spacial score (nSPS) is 18.7. The van der Waals surface area contributed by atoms with Crippen molar-refractivity contribution in [3.05, 3.63) is 29.8 Å². The van der Waals surface area contributed by atoms with E-state index in [0.717, 1.165) is 19.5 Å². The van der Waals surface area contributed by atoms with Crippen molar-refractivity contribution in [3.63, 3.8) is 0 Å². The van der Waals surface area contributed by atoms with Crippen LogP contribution in [-0.4, -0.2) is 38.6 Å². The van der Waals surface area contributed by atoms with Crippen LogP contribution in [0.25, 0.3) is 0 Å². The molecular formula is C15H24N2O2. The van der Waals surface area contributed by atoms with E-state index in [0.29, 0.717) is 13.2 Å². The van der Waals surface area contributed by atoms with E-state index in [2.05, 4.69) is 29.2 Å². The monoisotopic (exact) mass is 264 g/mol. The zero-order valence-electron chi connectivity index (χ0n) is 11.8. The van der Waals surface area contributed by atoms with Crippen LogP contribution in [0.15, 0.2) is 24.3 Å². The lowest BCUT2D eigenvalue weighted by atomic mass is 9.98. The number of rotatable bonds is 6. The quantitative estimate of drug-likeness (QED) is 0.796. The molecule has 1 atom stereocenters. The van der Waals surface area contributed by atoms with Crippen LogP contribution in [-0.2, 0) is 15.9 Å². The maximum atomic E-state index is 6.14. The van der Waals surface area contributed by atoms with Crippen molar-refractivity contribution in [1.29, 1.82) is 0 Å². The van der Waals surface area contributed by atoms with E-state index < -0.39 is 0 Å². The Kier molecular flexibility index (Phi) is 5.19. The SMILES string of the molecule is CCOC(CN1CC(N)Cc2ccccc21)OCC. The van der Waals surface area contributed by atoms with Crippen LogP contribution in [0, 0.1) is 0 Å². The summed E-state index contributed by atoms with van der Waals surface area (Å²) in [6.45, 7) is 6.88. The van der Waals surface area contributed by atoms with Gasteiger partial charge in [0.25, 0.3) is 0 Å². The first-order valence-corrected chi connectivity index (χ1v) is 7.06. The van der Waals surface area contributed by atoms with Crippen molar-refractivity contribution in [2.75, 3.05) is 31.2 Å². The zero-order chi connectivity index (χ0) is 13.7. The number of nitrogens with zero attached hydrogens (tertiary/aromatic N) is 1. The molecule has 0 saturated carbocycles. The van der Waals surface area contributed by atoms with Crippen molar-refractivity contribution < 1.29 is 9.47 Å². The van der Waals surface area contributed by atoms with Gasteiger partial charge in [-0.2, -0.15) is 0 Å². The van der Waals surface area contributed by atoms with E-state index in [1.165, 1.54) is 11.3 Å². The molecule has 0 aromatic heterocycles. The third kappa shape index (κ3) is 3.69. The summed E-state index contributed by atoms with van der Waals surface area (Å²) in [5, 5.41) is 0. The number of nitrogens with two attached hydrogens (primary N) is 1. The van der Waals surface area contributed by atoms with E-state index in [4.69, 9.17) is 15.2 Å². The molecule has 0 bridgehead atoms. The Bertz CT molecular complexity index is 391. The molecule has 0 spiro atoms. The van der Waals surface area contributed by atoms with E-state index in [9.17, 15) is 0 Å². The lowest BCUT2D eigenvalue weighted by Crippen LogP contribution is -2.47. The van der Waals surface area contributed by atoms with Crippen molar-refractivity contribution in [3.8, 4) is 0 Å². The largest absolute Gasteiger partial charge is 0.365 e. The molecule has 0 radical (unpaired) electrons. The average Bonchev–Trinajstić information content (AvgIpc) is 2.39. The van der Waals surface area contributed by atoms with Crippen molar-refractivity contribution in [2.45, 2.75) is 32.6 Å². The lowest BCUT2D eigenvalue weighted by Gasteiger charge is -2.36. The second-order valence-corrected chi connectivity index (χ2v) is 4.84. The Balaban J connectivity index is 2.10. The Hall–Kier alpha value is -1.10. The minimum atomic E-state index is -0.187. The minimum Gasteiger partial charge on any atom is -0.365 e. The van der Waals surface area contributed by atoms with Crippen molar-refractivity contribution >= 4 is 5.69 Å². The van der Waals surface area contributed by atoms with Gasteiger partial charge in [0, 0.05) is 31.5 Å². The molecule has 0 fully saturated rings. The molecule has 0 saturated heterocycles. The average molecular weight is 264 g/mol. The van der Waals surface area contributed by atoms with Gasteiger partial charge < -0.3 is 20.1 Å². The van der Waals surface area contributed by atoms with Crippen LogP contribution in [0.1, 0.15) is 19.4 Å². The van der Waals surface area contributed by atoms with Gasteiger partial charge in [0.15, 0.2) is 6.29 Å². The fourth-order valence-electron chi connectivity index (χ4n) is 2.60. The van der Waals surface area contributed by atoms with E-state index in [1.807, 2.05) is 13.8 Å². The van der Waals surface area contributed by atoms with Crippen LogP contribution in [0.5, 0.6) is 0 Å². The Morgan fingerprint density at radius 2 is 1.95 bits per heavy atom. The third-order valence-electron chi connectivity index (χ3n) is 3.34. The van der Waals surface area contributed by atoms with E-state index in [1.54, 1.807) is 0 Å². The highest BCUT2D eigenvalue weighted by Crippen LogP contribution is 2.26. The first kappa shape index (κ1) is 14.3. The van der Waals surface area contributed by atoms with Crippen LogP contribution < -0.4 is 10.6 Å². The van der Waals surface area contributed by atoms with Crippen LogP contribution >= 0.6 is 0 Å². The van der Waals surface area contributed by atoms with Gasteiger partial charge in [-0.1, -0.05) is 18.2 Å². The van der Waals surface area contributed by atoms with Gasteiger partial charge in [-0.3, -0.25) is 0 Å². The number of hydrogen-bond donors (Lipinski definition) is 1. The molecule has 106 valence electrons. The highest BCUT2D eigenvalue weighted by molar-refractivity contribution is 5.56. The third-order valence-corrected chi connectivity index (χ3v) is 3.34. The Morgan fingerprint density at radius 1 is 1.26 bits per heavy atom. The predicted molar refractivity (Wildman–Crippen MR) is 77.4 cm³/mol. The summed E-state index contributed by atoms with van der Waals surface area (Å²) in [6.07, 6.45) is 0.758. The number of ether oxygens (including phenoxy) is 2. The fraction of sp³-hybridized carbons (Fsp3) is 0.600. The standard InChI is InChI=1S/C15H24N2O2/c1-3-18-15(19-4-2)11-17-10-13(16)9-12-7-5-6-8-14(12)17/h5-8,13,15H,3-4,9-11,16H2,1-2H3. The van der Waals surface area contributed by atoms with Gasteiger partial charge in [-0.25, -0.2) is 0 Å². The maximum absolute atomic E-state index is 6.14. The van der Waals surface area contributed by atoms with Gasteiger partial charge in [-0.15, -0.1) is 0 Å². The van der Waals surface area contributed by atoms with Gasteiger partial charge in [0.1, 0.15) is 0 Å². The predicted octanol–water partition coefficient (Wildman–Crippen LogP) is 1.78. The van der Waals surface area contributed by atoms with E-state index >= 15 is 0 Å². The van der Waals surface area contributed by atoms with Crippen LogP contribution in [0.4, 0.5) is 5.69 Å². The van der Waals surface area contributed by atoms with Crippen molar-refractivity contribution in [2.24, 2.45) is 5.73 Å². The summed E-state index contributed by atoms with van der Waals surface area (Å²) in [4.78, 5) is 2.28. The first-order valence-electron chi connectivity index (χ1n) is 7.06. The Labute approximate surface area is 115 Å². The summed E-state index contributed by atoms with van der Waals surface area (Å²) >= 11 is 0. The molecule has 4 heteroatoms. The number of fused-ring (bicyclic) bond motifs is 1. The minimum absolute atomic E-state index is 0.179. The van der Waals surface area contributed by atoms with Gasteiger partial charge >= 0.3 is 0 Å². The molecule has 0 amide bonds. The number of anilines is 1. The molecule has 2 rings (SSSR count). The summed E-state index contributed by atoms with van der Waals surface area (Å²) in [5.41, 5.74) is 8.71. The van der Waals surface area contributed by atoms with Gasteiger partial charge in [-0.05, 0) is 31.9 Å². The Morgan fingerprint density at radius 3 is 2.63 bits per heavy atom. The van der Waals surface area contributed by atoms with Crippen LogP contribution in [0.2, 0.25) is 0 Å². The summed E-state index contributed by atoms with van der Waals surface area (Å²) < 4.78 is 11.3. The zero-order valence-corrected chi connectivity index (χ0v) is 11.8. The molecule has 1 aromatic rings. The topological polar surface area (TPSA) is 47.7 Å². The maximum Gasteiger partial charge on any atom is 0.174 e. The molecule has 0 aliphatic carbocycles. The molecule has 4 nitrogen and oxygen atoms in total. The molecule has 1 aromatic carbocycles. The van der Waals surface area contributed by atoms with Gasteiger partial charge in [0.05, 0.1) is 6.54 Å². The molecule has 1 aliphatic heterocycles. The molecular weight excluding hydrogens is 240 g/mol. The first-order chi connectivity index (χ1) is 9.24. The molecule has 1 aliphatic rings. The van der Waals surface area contributed by atoms with Gasteiger partial charge in [0.2, 0.25) is 0 Å². The fourth-order valence-corrected chi connectivity index (χ4v) is 2.60. The van der Waals surface area contributed by atoms with E-state index in [-0.39, 0.29) is 12.3 Å². The summed E-state index contributed by atoms with van der Waals surface area (Å²) in [7, 11) is 0. The summed E-state index contributed by atoms with van der Waals surface area (Å²) in [5.74, 6) is 0. The molecule has 1 heterocycles. The highest BCUT2D eigenvalue weighted by atomic mass is 16.7. The second-order valence-electron chi connectivity index (χ2n) is 4.84. The van der Waals surface area contributed by atoms with Crippen molar-refractivity contribution in [1.82, 2.24) is 0 Å². The number of hydrogen-bond acceptors (Lipinski definition) is 4. The lowest BCUT2D eigenvalue weighted by molar-refractivity contribution is -0.129. The smallest absolute Gasteiger partial charge is 0.174 e. The molecule has 19 heavy (non-hydrogen) atoms. The summed E-state index contributed by atoms with van der Waals surface area (Å²) in [6, 6.07) is 8.61. The van der Waals surface area contributed by atoms with Crippen LogP contribution in [0.3, 0.4) is 0 Å². The second kappa shape index (κ2) is 6.89. The highest BCUT2D eigenvalue weighted by Gasteiger charge is 2.24. The number of para-hydroxylation sites is 1. The number of benzene rings is 1. The molecule has 1 unspecified atom stereocenters.